The zero-order valence-corrected chi connectivity index (χ0v) is 13.4. The molecule has 0 heterocycles. The Kier molecular flexibility index (Phi) is 7.71. The molecule has 2 nitrogen and oxygen atoms in total. The van der Waals surface area contributed by atoms with E-state index in [0.717, 1.165) is 29.8 Å². The van der Waals surface area contributed by atoms with Gasteiger partial charge in [0.15, 0.2) is 0 Å². The standard InChI is InChI=1S/C14H21BrClNO/c1-11(2)17-8-4-3-5-9-18-14-10-12(15)6-7-13(14)16/h6-7,10-11,17H,3-5,8-9H2,1-2H3. The maximum Gasteiger partial charge on any atom is 0.139 e. The van der Waals surface area contributed by atoms with Crippen LogP contribution in [-0.2, 0) is 0 Å². The van der Waals surface area contributed by atoms with Crippen LogP contribution in [0.5, 0.6) is 5.75 Å². The van der Waals surface area contributed by atoms with Gasteiger partial charge in [-0.05, 0) is 44.0 Å². The predicted molar refractivity (Wildman–Crippen MR) is 81.6 cm³/mol. The van der Waals surface area contributed by atoms with E-state index in [1.807, 2.05) is 18.2 Å². The van der Waals surface area contributed by atoms with Crippen molar-refractivity contribution in [3.05, 3.63) is 27.7 Å². The third-order valence-electron chi connectivity index (χ3n) is 2.52. The van der Waals surface area contributed by atoms with Crippen LogP contribution in [0.1, 0.15) is 33.1 Å². The maximum atomic E-state index is 6.04. The summed E-state index contributed by atoms with van der Waals surface area (Å²) in [5, 5.41) is 4.07. The molecule has 0 aliphatic carbocycles. The molecule has 0 unspecified atom stereocenters. The number of rotatable bonds is 8. The van der Waals surface area contributed by atoms with Crippen LogP contribution in [-0.4, -0.2) is 19.2 Å². The Bertz CT molecular complexity index is 358. The second-order valence-corrected chi connectivity index (χ2v) is 5.92. The lowest BCUT2D eigenvalue weighted by atomic mass is 10.2. The summed E-state index contributed by atoms with van der Waals surface area (Å²) in [5.41, 5.74) is 0. The van der Waals surface area contributed by atoms with Crippen molar-refractivity contribution in [3.8, 4) is 5.75 Å². The van der Waals surface area contributed by atoms with Crippen molar-refractivity contribution in [2.75, 3.05) is 13.2 Å². The smallest absolute Gasteiger partial charge is 0.139 e. The zero-order valence-electron chi connectivity index (χ0n) is 11.0. The first-order valence-corrected chi connectivity index (χ1v) is 7.58. The van der Waals surface area contributed by atoms with Gasteiger partial charge in [0, 0.05) is 10.5 Å². The van der Waals surface area contributed by atoms with Crippen molar-refractivity contribution in [1.29, 1.82) is 0 Å². The highest BCUT2D eigenvalue weighted by Crippen LogP contribution is 2.27. The molecular formula is C14H21BrClNO. The van der Waals surface area contributed by atoms with Crippen LogP contribution in [0.4, 0.5) is 0 Å². The average molecular weight is 335 g/mol. The lowest BCUT2D eigenvalue weighted by Gasteiger charge is -2.09. The first kappa shape index (κ1) is 15.8. The van der Waals surface area contributed by atoms with Crippen LogP contribution < -0.4 is 10.1 Å². The fraction of sp³-hybridized carbons (Fsp3) is 0.571. The molecule has 0 saturated heterocycles. The number of unbranched alkanes of at least 4 members (excludes halogenated alkanes) is 2. The minimum atomic E-state index is 0.571. The molecular weight excluding hydrogens is 314 g/mol. The van der Waals surface area contributed by atoms with E-state index in [9.17, 15) is 0 Å². The topological polar surface area (TPSA) is 21.3 Å². The van der Waals surface area contributed by atoms with E-state index in [1.54, 1.807) is 0 Å². The van der Waals surface area contributed by atoms with Crippen LogP contribution in [0.2, 0.25) is 5.02 Å². The van der Waals surface area contributed by atoms with Crippen LogP contribution in [0.15, 0.2) is 22.7 Å². The number of halogens is 2. The summed E-state index contributed by atoms with van der Waals surface area (Å²) in [4.78, 5) is 0. The van der Waals surface area contributed by atoms with Crippen LogP contribution in [0, 0.1) is 0 Å². The van der Waals surface area contributed by atoms with Crippen LogP contribution in [0.25, 0.3) is 0 Å². The molecule has 0 aromatic heterocycles. The highest BCUT2D eigenvalue weighted by atomic mass is 79.9. The second-order valence-electron chi connectivity index (χ2n) is 4.59. The molecule has 0 spiro atoms. The lowest BCUT2D eigenvalue weighted by Crippen LogP contribution is -2.23. The molecule has 0 fully saturated rings. The Morgan fingerprint density at radius 2 is 2.06 bits per heavy atom. The molecule has 102 valence electrons. The van der Waals surface area contributed by atoms with E-state index in [4.69, 9.17) is 16.3 Å². The Morgan fingerprint density at radius 3 is 2.78 bits per heavy atom. The average Bonchev–Trinajstić information content (AvgIpc) is 2.32. The summed E-state index contributed by atoms with van der Waals surface area (Å²) in [6.07, 6.45) is 3.42. The summed E-state index contributed by atoms with van der Waals surface area (Å²) < 4.78 is 6.65. The van der Waals surface area contributed by atoms with E-state index in [2.05, 4.69) is 35.1 Å². The minimum absolute atomic E-state index is 0.571. The van der Waals surface area contributed by atoms with E-state index >= 15 is 0 Å². The van der Waals surface area contributed by atoms with Gasteiger partial charge in [0.05, 0.1) is 11.6 Å². The fourth-order valence-corrected chi connectivity index (χ4v) is 2.08. The number of hydrogen-bond acceptors (Lipinski definition) is 2. The van der Waals surface area contributed by atoms with Gasteiger partial charge < -0.3 is 10.1 Å². The Labute approximate surface area is 123 Å². The fourth-order valence-electron chi connectivity index (χ4n) is 1.56. The van der Waals surface area contributed by atoms with E-state index in [-0.39, 0.29) is 0 Å². The molecule has 1 aromatic rings. The number of nitrogens with one attached hydrogen (secondary N) is 1. The van der Waals surface area contributed by atoms with Crippen molar-refractivity contribution in [2.24, 2.45) is 0 Å². The summed E-state index contributed by atoms with van der Waals surface area (Å²) in [6.45, 7) is 6.13. The summed E-state index contributed by atoms with van der Waals surface area (Å²) in [7, 11) is 0. The Hall–Kier alpha value is -0.250. The SMILES string of the molecule is CC(C)NCCCCCOc1cc(Br)ccc1Cl. The normalized spacial score (nSPS) is 10.9. The predicted octanol–water partition coefficient (Wildman–Crippen LogP) is 4.65. The molecule has 0 aliphatic rings. The second kappa shape index (κ2) is 8.78. The quantitative estimate of drug-likeness (QED) is 0.699. The monoisotopic (exact) mass is 333 g/mol. The van der Waals surface area contributed by atoms with Crippen molar-refractivity contribution < 1.29 is 4.74 Å². The van der Waals surface area contributed by atoms with Gasteiger partial charge in [0.2, 0.25) is 0 Å². The molecule has 0 atom stereocenters. The first-order valence-electron chi connectivity index (χ1n) is 6.41. The number of ether oxygens (including phenoxy) is 1. The van der Waals surface area contributed by atoms with Gasteiger partial charge in [0.1, 0.15) is 5.75 Å². The summed E-state index contributed by atoms with van der Waals surface area (Å²) >= 11 is 9.44. The molecule has 1 N–H and O–H groups in total. The van der Waals surface area contributed by atoms with Crippen molar-refractivity contribution in [3.63, 3.8) is 0 Å². The number of benzene rings is 1. The van der Waals surface area contributed by atoms with Gasteiger partial charge in [-0.15, -0.1) is 0 Å². The largest absolute Gasteiger partial charge is 0.492 e. The summed E-state index contributed by atoms with van der Waals surface area (Å²) in [6, 6.07) is 6.23. The zero-order chi connectivity index (χ0) is 13.4. The van der Waals surface area contributed by atoms with Crippen molar-refractivity contribution in [2.45, 2.75) is 39.2 Å². The Morgan fingerprint density at radius 1 is 1.28 bits per heavy atom. The molecule has 0 aliphatic heterocycles. The van der Waals surface area contributed by atoms with E-state index < -0.39 is 0 Å². The summed E-state index contributed by atoms with van der Waals surface area (Å²) in [5.74, 6) is 0.756. The van der Waals surface area contributed by atoms with Gasteiger partial charge in [0.25, 0.3) is 0 Å². The van der Waals surface area contributed by atoms with Gasteiger partial charge in [-0.1, -0.05) is 41.4 Å². The first-order chi connectivity index (χ1) is 8.59. The van der Waals surface area contributed by atoms with Crippen molar-refractivity contribution in [1.82, 2.24) is 5.32 Å². The highest BCUT2D eigenvalue weighted by Gasteiger charge is 2.01. The molecule has 0 radical (unpaired) electrons. The maximum absolute atomic E-state index is 6.04. The molecule has 0 bridgehead atoms. The van der Waals surface area contributed by atoms with E-state index in [1.165, 1.54) is 12.8 Å². The molecule has 0 amide bonds. The van der Waals surface area contributed by atoms with Gasteiger partial charge in [-0.3, -0.25) is 0 Å². The highest BCUT2D eigenvalue weighted by molar-refractivity contribution is 9.10. The number of hydrogen-bond donors (Lipinski definition) is 1. The Balaban J connectivity index is 2.12. The third kappa shape index (κ3) is 6.62. The van der Waals surface area contributed by atoms with Gasteiger partial charge >= 0.3 is 0 Å². The molecule has 18 heavy (non-hydrogen) atoms. The van der Waals surface area contributed by atoms with Crippen molar-refractivity contribution >= 4 is 27.5 Å². The van der Waals surface area contributed by atoms with Gasteiger partial charge in [-0.25, -0.2) is 0 Å². The molecule has 0 saturated carbocycles. The van der Waals surface area contributed by atoms with Crippen LogP contribution in [0.3, 0.4) is 0 Å². The molecule has 4 heteroatoms. The van der Waals surface area contributed by atoms with Gasteiger partial charge in [-0.2, -0.15) is 0 Å². The molecule has 1 rings (SSSR count). The third-order valence-corrected chi connectivity index (χ3v) is 3.33. The van der Waals surface area contributed by atoms with E-state index in [0.29, 0.717) is 11.1 Å². The molecule has 1 aromatic carbocycles. The lowest BCUT2D eigenvalue weighted by molar-refractivity contribution is 0.304. The minimum Gasteiger partial charge on any atom is -0.492 e. The van der Waals surface area contributed by atoms with Crippen LogP contribution >= 0.6 is 27.5 Å².